The van der Waals surface area contributed by atoms with Gasteiger partial charge in [0.05, 0.1) is 38.5 Å². The molecule has 0 radical (unpaired) electrons. The smallest absolute Gasteiger partial charge is 0.278 e. The summed E-state index contributed by atoms with van der Waals surface area (Å²) in [7, 11) is 3.11. The first-order valence-corrected chi connectivity index (χ1v) is 11.1. The second-order valence-electron chi connectivity index (χ2n) is 8.64. The summed E-state index contributed by atoms with van der Waals surface area (Å²) in [6.07, 6.45) is -0.107. The summed E-state index contributed by atoms with van der Waals surface area (Å²) >= 11 is 0. The van der Waals surface area contributed by atoms with Gasteiger partial charge in [-0.15, -0.1) is 0 Å². The molecule has 1 fully saturated rings. The summed E-state index contributed by atoms with van der Waals surface area (Å²) in [4.78, 5) is 30.7. The number of ether oxygens (including phenoxy) is 3. The molecular formula is C26H30N2O5. The Morgan fingerprint density at radius 3 is 2.15 bits per heavy atom. The second kappa shape index (κ2) is 9.27. The van der Waals surface area contributed by atoms with Gasteiger partial charge in [0, 0.05) is 13.1 Å². The Hall–Kier alpha value is -3.32. The molecule has 0 spiro atoms. The van der Waals surface area contributed by atoms with Crippen LogP contribution in [0.3, 0.4) is 0 Å². The fourth-order valence-electron chi connectivity index (χ4n) is 4.49. The monoisotopic (exact) mass is 450 g/mol. The van der Waals surface area contributed by atoms with Crippen molar-refractivity contribution in [3.63, 3.8) is 0 Å². The lowest BCUT2D eigenvalue weighted by molar-refractivity contribution is -0.139. The van der Waals surface area contributed by atoms with Crippen LogP contribution in [0.5, 0.6) is 11.5 Å². The van der Waals surface area contributed by atoms with Gasteiger partial charge in [-0.05, 0) is 44.0 Å². The normalized spacial score (nSPS) is 21.1. The average Bonchev–Trinajstić information content (AvgIpc) is 3.04. The first-order valence-electron chi connectivity index (χ1n) is 11.1. The molecule has 0 N–H and O–H groups in total. The van der Waals surface area contributed by atoms with E-state index in [-0.39, 0.29) is 30.6 Å². The number of rotatable bonds is 6. The van der Waals surface area contributed by atoms with Gasteiger partial charge in [0.1, 0.15) is 5.70 Å². The zero-order chi connectivity index (χ0) is 23.7. The molecule has 2 aromatic rings. The zero-order valence-corrected chi connectivity index (χ0v) is 19.8. The third-order valence-corrected chi connectivity index (χ3v) is 6.01. The maximum Gasteiger partial charge on any atom is 0.278 e. The van der Waals surface area contributed by atoms with E-state index < -0.39 is 0 Å². The highest BCUT2D eigenvalue weighted by Gasteiger charge is 2.43. The average molecular weight is 451 g/mol. The number of carbonyl (C=O) groups excluding carboxylic acids is 2. The van der Waals surface area contributed by atoms with E-state index in [1.807, 2.05) is 49.9 Å². The molecule has 33 heavy (non-hydrogen) atoms. The van der Waals surface area contributed by atoms with Crippen LogP contribution in [0.15, 0.2) is 48.2 Å². The number of benzene rings is 2. The molecule has 2 aromatic carbocycles. The summed E-state index contributed by atoms with van der Waals surface area (Å²) in [5, 5.41) is 0. The summed E-state index contributed by atoms with van der Waals surface area (Å²) in [5.74, 6) is 0.467. The lowest BCUT2D eigenvalue weighted by Crippen LogP contribution is -2.46. The topological polar surface area (TPSA) is 68.3 Å². The molecule has 2 atom stereocenters. The van der Waals surface area contributed by atoms with Crippen molar-refractivity contribution in [3.8, 4) is 11.5 Å². The Bertz CT molecular complexity index is 1080. The van der Waals surface area contributed by atoms with Crippen molar-refractivity contribution in [2.24, 2.45) is 0 Å². The predicted octanol–water partition coefficient (Wildman–Crippen LogP) is 3.40. The van der Waals surface area contributed by atoms with E-state index in [2.05, 4.69) is 0 Å². The van der Waals surface area contributed by atoms with Gasteiger partial charge in [0.25, 0.3) is 11.8 Å². The van der Waals surface area contributed by atoms with Gasteiger partial charge in [-0.1, -0.05) is 35.9 Å². The highest BCUT2D eigenvalue weighted by Crippen LogP contribution is 2.37. The summed E-state index contributed by atoms with van der Waals surface area (Å²) < 4.78 is 16.7. The van der Waals surface area contributed by atoms with E-state index >= 15 is 0 Å². The molecule has 2 heterocycles. The molecule has 0 aliphatic carbocycles. The Morgan fingerprint density at radius 1 is 0.909 bits per heavy atom. The van der Waals surface area contributed by atoms with Crippen LogP contribution in [0.2, 0.25) is 0 Å². The minimum absolute atomic E-state index is 0.0537. The molecule has 2 aliphatic rings. The number of methoxy groups -OCH3 is 2. The number of hydrogen-bond acceptors (Lipinski definition) is 6. The fourth-order valence-corrected chi connectivity index (χ4v) is 4.49. The van der Waals surface area contributed by atoms with Crippen LogP contribution in [0.25, 0.3) is 5.57 Å². The third kappa shape index (κ3) is 4.46. The van der Waals surface area contributed by atoms with Gasteiger partial charge < -0.3 is 19.1 Å². The molecule has 2 unspecified atom stereocenters. The van der Waals surface area contributed by atoms with Crippen molar-refractivity contribution in [1.82, 2.24) is 9.80 Å². The number of nitrogens with zero attached hydrogens (tertiary/aromatic N) is 2. The number of imide groups is 1. The molecule has 174 valence electrons. The first-order chi connectivity index (χ1) is 15.8. The highest BCUT2D eigenvalue weighted by molar-refractivity contribution is 6.35. The Kier molecular flexibility index (Phi) is 6.42. The third-order valence-electron chi connectivity index (χ3n) is 6.01. The van der Waals surface area contributed by atoms with E-state index in [0.717, 1.165) is 11.1 Å². The molecule has 7 nitrogen and oxygen atoms in total. The van der Waals surface area contributed by atoms with Gasteiger partial charge in [0.15, 0.2) is 11.5 Å². The van der Waals surface area contributed by atoms with Gasteiger partial charge in [-0.25, -0.2) is 0 Å². The van der Waals surface area contributed by atoms with Crippen molar-refractivity contribution >= 4 is 17.4 Å². The summed E-state index contributed by atoms with van der Waals surface area (Å²) in [5.41, 5.74) is 3.45. The van der Waals surface area contributed by atoms with Gasteiger partial charge in [-0.2, -0.15) is 0 Å². The van der Waals surface area contributed by atoms with Crippen LogP contribution in [-0.2, 0) is 20.9 Å². The van der Waals surface area contributed by atoms with E-state index in [1.54, 1.807) is 32.4 Å². The number of amides is 2. The van der Waals surface area contributed by atoms with Crippen LogP contribution >= 0.6 is 0 Å². The SMILES string of the molecule is COc1ccc(C2=C(N3CC(C)OC(C)C3)C(=O)N(Cc3ccc(C)cc3)C2=O)cc1OC. The van der Waals surface area contributed by atoms with Crippen LogP contribution in [0, 0.1) is 6.92 Å². The molecule has 1 saturated heterocycles. The lowest BCUT2D eigenvalue weighted by atomic mass is 10.0. The van der Waals surface area contributed by atoms with Crippen molar-refractivity contribution in [1.29, 1.82) is 0 Å². The summed E-state index contributed by atoms with van der Waals surface area (Å²) in [6, 6.07) is 13.2. The van der Waals surface area contributed by atoms with Gasteiger partial charge in [-0.3, -0.25) is 14.5 Å². The second-order valence-corrected chi connectivity index (χ2v) is 8.64. The van der Waals surface area contributed by atoms with Crippen molar-refractivity contribution in [3.05, 3.63) is 64.9 Å². The van der Waals surface area contributed by atoms with Crippen LogP contribution in [0.1, 0.15) is 30.5 Å². The number of morpholine rings is 1. The predicted molar refractivity (Wildman–Crippen MR) is 125 cm³/mol. The molecule has 7 heteroatoms. The molecule has 0 bridgehead atoms. The lowest BCUT2D eigenvalue weighted by Gasteiger charge is -2.37. The van der Waals surface area contributed by atoms with Crippen LogP contribution < -0.4 is 9.47 Å². The minimum Gasteiger partial charge on any atom is -0.493 e. The Balaban J connectivity index is 1.78. The van der Waals surface area contributed by atoms with E-state index in [9.17, 15) is 9.59 Å². The van der Waals surface area contributed by atoms with E-state index in [0.29, 0.717) is 41.4 Å². The van der Waals surface area contributed by atoms with Gasteiger partial charge >= 0.3 is 0 Å². The number of hydrogen-bond donors (Lipinski definition) is 0. The number of carbonyl (C=O) groups is 2. The summed E-state index contributed by atoms with van der Waals surface area (Å²) in [6.45, 7) is 7.25. The van der Waals surface area contributed by atoms with Gasteiger partial charge in [0.2, 0.25) is 0 Å². The van der Waals surface area contributed by atoms with E-state index in [4.69, 9.17) is 14.2 Å². The van der Waals surface area contributed by atoms with Crippen molar-refractivity contribution in [2.45, 2.75) is 39.5 Å². The van der Waals surface area contributed by atoms with Crippen LogP contribution in [0.4, 0.5) is 0 Å². The molecule has 2 amide bonds. The fraction of sp³-hybridized carbons (Fsp3) is 0.385. The minimum atomic E-state index is -0.311. The van der Waals surface area contributed by atoms with Crippen molar-refractivity contribution in [2.75, 3.05) is 27.3 Å². The Labute approximate surface area is 194 Å². The zero-order valence-electron chi connectivity index (χ0n) is 19.8. The molecule has 0 aromatic heterocycles. The standard InChI is InChI=1S/C26H30N2O5/c1-16-6-8-19(9-7-16)15-28-25(29)23(20-10-11-21(31-4)22(12-20)32-5)24(26(28)30)27-13-17(2)33-18(3)14-27/h6-12,17-18H,13-15H2,1-5H3. The van der Waals surface area contributed by atoms with Crippen LogP contribution in [-0.4, -0.2) is 61.1 Å². The maximum atomic E-state index is 13.7. The van der Waals surface area contributed by atoms with E-state index in [1.165, 1.54) is 4.90 Å². The maximum absolute atomic E-state index is 13.7. The molecule has 0 saturated carbocycles. The largest absolute Gasteiger partial charge is 0.493 e. The molecule has 2 aliphatic heterocycles. The highest BCUT2D eigenvalue weighted by atomic mass is 16.5. The first kappa shape index (κ1) is 22.9. The molecule has 4 rings (SSSR count). The molecular weight excluding hydrogens is 420 g/mol. The Morgan fingerprint density at radius 2 is 1.55 bits per heavy atom. The number of aryl methyl sites for hydroxylation is 1. The quantitative estimate of drug-likeness (QED) is 0.629. The van der Waals surface area contributed by atoms with Crippen molar-refractivity contribution < 1.29 is 23.8 Å².